The van der Waals surface area contributed by atoms with Crippen LogP contribution in [0.25, 0.3) is 0 Å². The SMILES string of the molecule is COc1cc(O)c(F)c(CCCC(=O)O)c1. The number of benzene rings is 1. The second kappa shape index (κ2) is 5.34. The van der Waals surface area contributed by atoms with E-state index in [9.17, 15) is 14.3 Å². The molecule has 1 aromatic carbocycles. The molecule has 0 saturated heterocycles. The molecule has 88 valence electrons. The van der Waals surface area contributed by atoms with E-state index in [4.69, 9.17) is 9.84 Å². The minimum Gasteiger partial charge on any atom is -0.505 e. The van der Waals surface area contributed by atoms with E-state index < -0.39 is 17.5 Å². The molecule has 0 heterocycles. The van der Waals surface area contributed by atoms with Crippen LogP contribution in [0.3, 0.4) is 0 Å². The lowest BCUT2D eigenvalue weighted by molar-refractivity contribution is -0.137. The van der Waals surface area contributed by atoms with E-state index in [1.807, 2.05) is 0 Å². The van der Waals surface area contributed by atoms with E-state index in [1.165, 1.54) is 19.2 Å². The van der Waals surface area contributed by atoms with Gasteiger partial charge in [0.15, 0.2) is 11.6 Å². The Morgan fingerprint density at radius 1 is 1.50 bits per heavy atom. The molecule has 1 aromatic rings. The molecule has 0 aliphatic heterocycles. The number of hydrogen-bond donors (Lipinski definition) is 2. The van der Waals surface area contributed by atoms with Crippen molar-refractivity contribution in [2.45, 2.75) is 19.3 Å². The van der Waals surface area contributed by atoms with Crippen LogP contribution < -0.4 is 4.74 Å². The largest absolute Gasteiger partial charge is 0.505 e. The second-order valence-corrected chi connectivity index (χ2v) is 3.37. The first-order chi connectivity index (χ1) is 7.54. The Labute approximate surface area is 92.3 Å². The predicted octanol–water partition coefficient (Wildman–Crippen LogP) is 1.95. The number of aromatic hydroxyl groups is 1. The van der Waals surface area contributed by atoms with Crippen molar-refractivity contribution in [3.8, 4) is 11.5 Å². The Bertz CT molecular complexity index is 390. The Kier molecular flexibility index (Phi) is 4.10. The number of aliphatic carboxylic acids is 1. The highest BCUT2D eigenvalue weighted by atomic mass is 19.1. The molecule has 0 aliphatic carbocycles. The van der Waals surface area contributed by atoms with Crippen LogP contribution in [-0.4, -0.2) is 23.3 Å². The summed E-state index contributed by atoms with van der Waals surface area (Å²) in [5.74, 6) is -1.77. The van der Waals surface area contributed by atoms with Gasteiger partial charge in [-0.3, -0.25) is 4.79 Å². The first-order valence-electron chi connectivity index (χ1n) is 4.81. The third-order valence-corrected chi connectivity index (χ3v) is 2.17. The average Bonchev–Trinajstić information content (AvgIpc) is 2.23. The minimum atomic E-state index is -0.924. The van der Waals surface area contributed by atoms with Gasteiger partial charge in [0.1, 0.15) is 5.75 Å². The summed E-state index contributed by atoms with van der Waals surface area (Å²) in [7, 11) is 1.41. The summed E-state index contributed by atoms with van der Waals surface area (Å²) in [5, 5.41) is 17.7. The second-order valence-electron chi connectivity index (χ2n) is 3.37. The zero-order chi connectivity index (χ0) is 12.1. The highest BCUT2D eigenvalue weighted by Gasteiger charge is 2.10. The highest BCUT2D eigenvalue weighted by Crippen LogP contribution is 2.27. The number of ether oxygens (including phenoxy) is 1. The fourth-order valence-corrected chi connectivity index (χ4v) is 1.37. The lowest BCUT2D eigenvalue weighted by Crippen LogP contribution is -1.98. The van der Waals surface area contributed by atoms with Gasteiger partial charge in [0.25, 0.3) is 0 Å². The van der Waals surface area contributed by atoms with Gasteiger partial charge in [-0.25, -0.2) is 4.39 Å². The normalized spacial score (nSPS) is 10.1. The zero-order valence-electron chi connectivity index (χ0n) is 8.86. The number of methoxy groups -OCH3 is 1. The van der Waals surface area contributed by atoms with Gasteiger partial charge < -0.3 is 14.9 Å². The number of rotatable bonds is 5. The smallest absolute Gasteiger partial charge is 0.303 e. The minimum absolute atomic E-state index is 0.0303. The fourth-order valence-electron chi connectivity index (χ4n) is 1.37. The first kappa shape index (κ1) is 12.3. The summed E-state index contributed by atoms with van der Waals surface area (Å²) in [6, 6.07) is 2.63. The molecular weight excluding hydrogens is 215 g/mol. The van der Waals surface area contributed by atoms with E-state index in [-0.39, 0.29) is 18.4 Å². The number of carboxylic acids is 1. The van der Waals surface area contributed by atoms with Gasteiger partial charge in [0.05, 0.1) is 7.11 Å². The summed E-state index contributed by atoms with van der Waals surface area (Å²) in [4.78, 5) is 10.3. The van der Waals surface area contributed by atoms with Crippen molar-refractivity contribution in [2.24, 2.45) is 0 Å². The van der Waals surface area contributed by atoms with E-state index in [0.717, 1.165) is 0 Å². The van der Waals surface area contributed by atoms with Gasteiger partial charge in [-0.15, -0.1) is 0 Å². The molecule has 5 heteroatoms. The summed E-state index contributed by atoms with van der Waals surface area (Å²) in [6.45, 7) is 0. The van der Waals surface area contributed by atoms with Crippen molar-refractivity contribution < 1.29 is 24.1 Å². The molecule has 0 aliphatic rings. The molecule has 0 fully saturated rings. The van der Waals surface area contributed by atoms with E-state index >= 15 is 0 Å². The monoisotopic (exact) mass is 228 g/mol. The van der Waals surface area contributed by atoms with Crippen molar-refractivity contribution >= 4 is 5.97 Å². The van der Waals surface area contributed by atoms with Gasteiger partial charge in [0.2, 0.25) is 0 Å². The molecular formula is C11H13FO4. The molecule has 0 radical (unpaired) electrons. The number of halogens is 1. The number of aryl methyl sites for hydroxylation is 1. The number of phenols is 1. The van der Waals surface area contributed by atoms with Gasteiger partial charge in [-0.2, -0.15) is 0 Å². The quantitative estimate of drug-likeness (QED) is 0.808. The van der Waals surface area contributed by atoms with Crippen LogP contribution in [0.2, 0.25) is 0 Å². The molecule has 16 heavy (non-hydrogen) atoms. The summed E-state index contributed by atoms with van der Waals surface area (Å²) < 4.78 is 18.3. The van der Waals surface area contributed by atoms with Crippen LogP contribution in [-0.2, 0) is 11.2 Å². The highest BCUT2D eigenvalue weighted by molar-refractivity contribution is 5.66. The number of hydrogen-bond acceptors (Lipinski definition) is 3. The molecule has 0 aromatic heterocycles. The third-order valence-electron chi connectivity index (χ3n) is 2.17. The zero-order valence-corrected chi connectivity index (χ0v) is 8.86. The fraction of sp³-hybridized carbons (Fsp3) is 0.364. The molecule has 4 nitrogen and oxygen atoms in total. The van der Waals surface area contributed by atoms with Crippen LogP contribution in [0, 0.1) is 5.82 Å². The Balaban J connectivity index is 2.78. The maximum Gasteiger partial charge on any atom is 0.303 e. The molecule has 0 unspecified atom stereocenters. The van der Waals surface area contributed by atoms with Crippen LogP contribution in [0.4, 0.5) is 4.39 Å². The van der Waals surface area contributed by atoms with Crippen LogP contribution in [0.1, 0.15) is 18.4 Å². The van der Waals surface area contributed by atoms with Crippen molar-refractivity contribution in [2.75, 3.05) is 7.11 Å². The number of phenolic OH excluding ortho intramolecular Hbond substituents is 1. The molecule has 0 saturated carbocycles. The molecule has 0 bridgehead atoms. The molecule has 0 atom stereocenters. The Morgan fingerprint density at radius 2 is 2.19 bits per heavy atom. The predicted molar refractivity (Wildman–Crippen MR) is 55.2 cm³/mol. The lowest BCUT2D eigenvalue weighted by Gasteiger charge is -2.07. The maximum absolute atomic E-state index is 13.4. The van der Waals surface area contributed by atoms with Gasteiger partial charge in [-0.1, -0.05) is 0 Å². The number of carbonyl (C=O) groups is 1. The van der Waals surface area contributed by atoms with E-state index in [0.29, 0.717) is 12.2 Å². The summed E-state index contributed by atoms with van der Waals surface area (Å²) >= 11 is 0. The number of carboxylic acid groups (broad SMARTS) is 1. The van der Waals surface area contributed by atoms with Gasteiger partial charge in [0, 0.05) is 12.5 Å². The first-order valence-corrected chi connectivity index (χ1v) is 4.81. The van der Waals surface area contributed by atoms with Crippen molar-refractivity contribution in [3.63, 3.8) is 0 Å². The van der Waals surface area contributed by atoms with Crippen molar-refractivity contribution in [1.82, 2.24) is 0 Å². The van der Waals surface area contributed by atoms with Crippen LogP contribution >= 0.6 is 0 Å². The average molecular weight is 228 g/mol. The summed E-state index contributed by atoms with van der Waals surface area (Å²) in [6.07, 6.45) is 0.541. The van der Waals surface area contributed by atoms with Crippen molar-refractivity contribution in [1.29, 1.82) is 0 Å². The molecule has 2 N–H and O–H groups in total. The Morgan fingerprint density at radius 3 is 2.75 bits per heavy atom. The van der Waals surface area contributed by atoms with Crippen LogP contribution in [0.15, 0.2) is 12.1 Å². The molecule has 0 amide bonds. The van der Waals surface area contributed by atoms with Crippen molar-refractivity contribution in [3.05, 3.63) is 23.5 Å². The van der Waals surface area contributed by atoms with Gasteiger partial charge in [-0.05, 0) is 24.5 Å². The molecule has 1 rings (SSSR count). The lowest BCUT2D eigenvalue weighted by atomic mass is 10.1. The van der Waals surface area contributed by atoms with Gasteiger partial charge >= 0.3 is 5.97 Å². The topological polar surface area (TPSA) is 66.8 Å². The van der Waals surface area contributed by atoms with E-state index in [1.54, 1.807) is 0 Å². The van der Waals surface area contributed by atoms with E-state index in [2.05, 4.69) is 0 Å². The third kappa shape index (κ3) is 3.12. The maximum atomic E-state index is 13.4. The standard InChI is InChI=1S/C11H13FO4/c1-16-8-5-7(3-2-4-10(14)15)11(12)9(13)6-8/h5-6,13H,2-4H2,1H3,(H,14,15). The molecule has 0 spiro atoms. The summed E-state index contributed by atoms with van der Waals surface area (Å²) in [5.41, 5.74) is 0.262. The Hall–Kier alpha value is -1.78. The van der Waals surface area contributed by atoms with Crippen LogP contribution in [0.5, 0.6) is 11.5 Å².